The normalized spacial score (nSPS) is 31.6. The van der Waals surface area contributed by atoms with Crippen molar-refractivity contribution in [2.24, 2.45) is 22.5 Å². The van der Waals surface area contributed by atoms with Crippen molar-refractivity contribution in [2.45, 2.75) is 52.4 Å². The highest BCUT2D eigenvalue weighted by Crippen LogP contribution is 2.60. The predicted octanol–water partition coefficient (Wildman–Crippen LogP) is 2.94. The van der Waals surface area contributed by atoms with Gasteiger partial charge in [0.15, 0.2) is 0 Å². The van der Waals surface area contributed by atoms with Crippen molar-refractivity contribution in [2.75, 3.05) is 6.54 Å². The first kappa shape index (κ1) is 9.51. The first-order chi connectivity index (χ1) is 6.08. The minimum absolute atomic E-state index is 0.556. The zero-order valence-corrected chi connectivity index (χ0v) is 9.10. The smallest absolute Gasteiger partial charge is 0.00175 e. The molecular formula is C12H23N. The molecule has 0 bridgehead atoms. The van der Waals surface area contributed by atoms with E-state index in [2.05, 4.69) is 13.8 Å². The van der Waals surface area contributed by atoms with Gasteiger partial charge in [-0.3, -0.25) is 0 Å². The molecule has 0 atom stereocenters. The molecule has 0 aromatic rings. The summed E-state index contributed by atoms with van der Waals surface area (Å²) >= 11 is 0. The fourth-order valence-corrected chi connectivity index (χ4v) is 3.99. The third-order valence-electron chi connectivity index (χ3n) is 4.29. The monoisotopic (exact) mass is 181 g/mol. The Balaban J connectivity index is 2.01. The molecule has 1 nitrogen and oxygen atoms in total. The molecule has 1 heteroatoms. The highest BCUT2D eigenvalue weighted by Gasteiger charge is 2.52. The fraction of sp³-hybridized carbons (Fsp3) is 1.00. The van der Waals surface area contributed by atoms with Crippen LogP contribution in [0.3, 0.4) is 0 Å². The standard InChI is InChI=1S/C12H23N/c1-11(2)7-12(8-11,9-13)10-5-3-4-6-10/h10H,3-9,13H2,1-2H3. The maximum atomic E-state index is 5.97. The molecule has 2 rings (SSSR count). The van der Waals surface area contributed by atoms with E-state index in [4.69, 9.17) is 5.73 Å². The van der Waals surface area contributed by atoms with Gasteiger partial charge in [-0.25, -0.2) is 0 Å². The van der Waals surface area contributed by atoms with Crippen LogP contribution >= 0.6 is 0 Å². The van der Waals surface area contributed by atoms with E-state index in [1.54, 1.807) is 0 Å². The molecule has 0 aromatic heterocycles. The second-order valence-corrected chi connectivity index (χ2v) is 6.07. The van der Waals surface area contributed by atoms with E-state index >= 15 is 0 Å². The van der Waals surface area contributed by atoms with Gasteiger partial charge in [-0.1, -0.05) is 26.7 Å². The zero-order chi connectivity index (χ0) is 9.53. The van der Waals surface area contributed by atoms with Gasteiger partial charge in [0, 0.05) is 0 Å². The molecule has 0 heterocycles. The summed E-state index contributed by atoms with van der Waals surface area (Å²) in [6, 6.07) is 0. The molecule has 0 radical (unpaired) electrons. The molecular weight excluding hydrogens is 158 g/mol. The summed E-state index contributed by atoms with van der Waals surface area (Å²) in [4.78, 5) is 0. The third kappa shape index (κ3) is 1.52. The van der Waals surface area contributed by atoms with Crippen molar-refractivity contribution in [3.8, 4) is 0 Å². The molecule has 76 valence electrons. The lowest BCUT2D eigenvalue weighted by molar-refractivity contribution is -0.0526. The molecule has 2 N–H and O–H groups in total. The van der Waals surface area contributed by atoms with Gasteiger partial charge in [-0.2, -0.15) is 0 Å². The summed E-state index contributed by atoms with van der Waals surface area (Å²) in [5.74, 6) is 0.963. The quantitative estimate of drug-likeness (QED) is 0.696. The molecule has 0 spiro atoms. The maximum Gasteiger partial charge on any atom is -0.00175 e. The van der Waals surface area contributed by atoms with E-state index < -0.39 is 0 Å². The Kier molecular flexibility index (Phi) is 2.18. The molecule has 0 unspecified atom stereocenters. The maximum absolute atomic E-state index is 5.97. The van der Waals surface area contributed by atoms with Crippen molar-refractivity contribution in [3.63, 3.8) is 0 Å². The van der Waals surface area contributed by atoms with Crippen LogP contribution in [0.5, 0.6) is 0 Å². The van der Waals surface area contributed by atoms with Gasteiger partial charge in [0.2, 0.25) is 0 Å². The first-order valence-corrected chi connectivity index (χ1v) is 5.78. The van der Waals surface area contributed by atoms with Crippen molar-refractivity contribution in [1.29, 1.82) is 0 Å². The average Bonchev–Trinajstić information content (AvgIpc) is 2.51. The van der Waals surface area contributed by atoms with Gasteiger partial charge >= 0.3 is 0 Å². The lowest BCUT2D eigenvalue weighted by Crippen LogP contribution is -2.51. The lowest BCUT2D eigenvalue weighted by atomic mass is 9.49. The van der Waals surface area contributed by atoms with E-state index in [1.807, 2.05) is 0 Å². The van der Waals surface area contributed by atoms with E-state index in [0.29, 0.717) is 10.8 Å². The largest absolute Gasteiger partial charge is 0.330 e. The first-order valence-electron chi connectivity index (χ1n) is 5.78. The third-order valence-corrected chi connectivity index (χ3v) is 4.29. The predicted molar refractivity (Wildman–Crippen MR) is 56.5 cm³/mol. The van der Waals surface area contributed by atoms with Gasteiger partial charge in [0.1, 0.15) is 0 Å². The molecule has 0 saturated heterocycles. The number of nitrogens with two attached hydrogens (primary N) is 1. The molecule has 0 amide bonds. The van der Waals surface area contributed by atoms with Crippen LogP contribution in [0.15, 0.2) is 0 Å². The number of hydrogen-bond acceptors (Lipinski definition) is 1. The van der Waals surface area contributed by atoms with Gasteiger partial charge in [-0.05, 0) is 49.0 Å². The van der Waals surface area contributed by atoms with Gasteiger partial charge < -0.3 is 5.73 Å². The Labute approximate surface area is 82.1 Å². The van der Waals surface area contributed by atoms with E-state index in [1.165, 1.54) is 38.5 Å². The summed E-state index contributed by atoms with van der Waals surface area (Å²) in [6.07, 6.45) is 8.56. The highest BCUT2D eigenvalue weighted by atomic mass is 14.7. The molecule has 0 aromatic carbocycles. The summed E-state index contributed by atoms with van der Waals surface area (Å²) in [7, 11) is 0. The average molecular weight is 181 g/mol. The molecule has 2 saturated carbocycles. The minimum atomic E-state index is 0.556. The van der Waals surface area contributed by atoms with Crippen LogP contribution in [0.25, 0.3) is 0 Å². The van der Waals surface area contributed by atoms with Crippen molar-refractivity contribution >= 4 is 0 Å². The SMILES string of the molecule is CC1(C)CC(CN)(C2CCCC2)C1. The van der Waals surface area contributed by atoms with Crippen LogP contribution in [0.1, 0.15) is 52.4 Å². The Morgan fingerprint density at radius 3 is 2.08 bits per heavy atom. The van der Waals surface area contributed by atoms with Crippen LogP contribution in [0.4, 0.5) is 0 Å². The molecule has 0 aliphatic heterocycles. The molecule has 13 heavy (non-hydrogen) atoms. The zero-order valence-electron chi connectivity index (χ0n) is 9.10. The second-order valence-electron chi connectivity index (χ2n) is 6.07. The van der Waals surface area contributed by atoms with Crippen LogP contribution in [-0.4, -0.2) is 6.54 Å². The fourth-order valence-electron chi connectivity index (χ4n) is 3.99. The summed E-state index contributed by atoms with van der Waals surface area (Å²) in [6.45, 7) is 5.70. The van der Waals surface area contributed by atoms with Crippen LogP contribution < -0.4 is 5.73 Å². The van der Waals surface area contributed by atoms with Crippen LogP contribution in [0.2, 0.25) is 0 Å². The molecule has 2 fully saturated rings. The Hall–Kier alpha value is -0.0400. The summed E-state index contributed by atoms with van der Waals surface area (Å²) in [5.41, 5.74) is 7.11. The van der Waals surface area contributed by atoms with E-state index in [-0.39, 0.29) is 0 Å². The second kappa shape index (κ2) is 2.98. The van der Waals surface area contributed by atoms with Crippen molar-refractivity contribution in [3.05, 3.63) is 0 Å². The number of hydrogen-bond donors (Lipinski definition) is 1. The topological polar surface area (TPSA) is 26.0 Å². The Bertz CT molecular complexity index is 181. The van der Waals surface area contributed by atoms with Gasteiger partial charge in [-0.15, -0.1) is 0 Å². The summed E-state index contributed by atoms with van der Waals surface area (Å²) in [5, 5.41) is 0. The molecule has 2 aliphatic rings. The van der Waals surface area contributed by atoms with E-state index in [0.717, 1.165) is 12.5 Å². The van der Waals surface area contributed by atoms with Crippen LogP contribution in [-0.2, 0) is 0 Å². The highest BCUT2D eigenvalue weighted by molar-refractivity contribution is 5.03. The lowest BCUT2D eigenvalue weighted by Gasteiger charge is -2.56. The Morgan fingerprint density at radius 1 is 1.15 bits per heavy atom. The number of rotatable bonds is 2. The Morgan fingerprint density at radius 2 is 1.69 bits per heavy atom. The summed E-state index contributed by atoms with van der Waals surface area (Å²) < 4.78 is 0. The van der Waals surface area contributed by atoms with E-state index in [9.17, 15) is 0 Å². The van der Waals surface area contributed by atoms with Crippen molar-refractivity contribution < 1.29 is 0 Å². The van der Waals surface area contributed by atoms with Crippen molar-refractivity contribution in [1.82, 2.24) is 0 Å². The van der Waals surface area contributed by atoms with Crippen LogP contribution in [0, 0.1) is 16.7 Å². The van der Waals surface area contributed by atoms with Gasteiger partial charge in [0.25, 0.3) is 0 Å². The minimum Gasteiger partial charge on any atom is -0.330 e. The van der Waals surface area contributed by atoms with Gasteiger partial charge in [0.05, 0.1) is 0 Å². The molecule has 2 aliphatic carbocycles.